The second kappa shape index (κ2) is 3.62. The van der Waals surface area contributed by atoms with Gasteiger partial charge in [-0.2, -0.15) is 0 Å². The minimum Gasteiger partial charge on any atom is -0.366 e. The van der Waals surface area contributed by atoms with Gasteiger partial charge in [-0.25, -0.2) is 9.97 Å². The van der Waals surface area contributed by atoms with E-state index >= 15 is 0 Å². The van der Waals surface area contributed by atoms with Crippen molar-refractivity contribution in [1.82, 2.24) is 9.97 Å². The van der Waals surface area contributed by atoms with E-state index in [4.69, 9.17) is 0 Å². The van der Waals surface area contributed by atoms with Gasteiger partial charge in [-0.05, 0) is 41.6 Å². The molecule has 0 bridgehead atoms. The lowest BCUT2D eigenvalue weighted by molar-refractivity contribution is 0.689. The molecule has 1 fully saturated rings. The lowest BCUT2D eigenvalue weighted by Crippen LogP contribution is -2.18. The van der Waals surface area contributed by atoms with Gasteiger partial charge >= 0.3 is 0 Å². The van der Waals surface area contributed by atoms with Crippen LogP contribution in [0.3, 0.4) is 0 Å². The third-order valence-electron chi connectivity index (χ3n) is 2.36. The van der Waals surface area contributed by atoms with Gasteiger partial charge < -0.3 is 5.32 Å². The van der Waals surface area contributed by atoms with E-state index in [1.54, 1.807) is 12.5 Å². The Morgan fingerprint density at radius 3 is 3.00 bits per heavy atom. The Morgan fingerprint density at radius 2 is 2.38 bits per heavy atom. The molecule has 0 saturated heterocycles. The van der Waals surface area contributed by atoms with Crippen molar-refractivity contribution < 1.29 is 0 Å². The number of nitrogens with zero attached hydrogens (tertiary/aromatic N) is 2. The van der Waals surface area contributed by atoms with E-state index in [0.29, 0.717) is 6.04 Å². The summed E-state index contributed by atoms with van der Waals surface area (Å²) in [5.41, 5.74) is 0. The van der Waals surface area contributed by atoms with E-state index in [0.717, 1.165) is 16.2 Å². The van der Waals surface area contributed by atoms with Crippen LogP contribution in [0.15, 0.2) is 17.0 Å². The van der Waals surface area contributed by atoms with Gasteiger partial charge in [0.2, 0.25) is 0 Å². The van der Waals surface area contributed by atoms with Crippen molar-refractivity contribution in [2.75, 3.05) is 5.32 Å². The highest BCUT2D eigenvalue weighted by atomic mass is 79.9. The van der Waals surface area contributed by atoms with Crippen molar-refractivity contribution in [3.05, 3.63) is 17.0 Å². The van der Waals surface area contributed by atoms with Crippen molar-refractivity contribution in [3.63, 3.8) is 0 Å². The molecule has 1 N–H and O–H groups in total. The summed E-state index contributed by atoms with van der Waals surface area (Å²) in [6.07, 6.45) is 6.01. The molecule has 1 aromatic rings. The normalized spacial score (nSPS) is 18.3. The predicted molar refractivity (Wildman–Crippen MR) is 55.5 cm³/mol. The number of aromatic nitrogens is 2. The van der Waals surface area contributed by atoms with Gasteiger partial charge in [-0.3, -0.25) is 0 Å². The highest BCUT2D eigenvalue weighted by Crippen LogP contribution is 2.34. The van der Waals surface area contributed by atoms with Crippen LogP contribution in [0.1, 0.15) is 19.8 Å². The number of rotatable bonds is 3. The zero-order valence-corrected chi connectivity index (χ0v) is 9.08. The van der Waals surface area contributed by atoms with Gasteiger partial charge in [-0.15, -0.1) is 0 Å². The van der Waals surface area contributed by atoms with Crippen molar-refractivity contribution in [1.29, 1.82) is 0 Å². The molecule has 70 valence electrons. The molecule has 3 nitrogen and oxygen atoms in total. The first-order valence-corrected chi connectivity index (χ1v) is 5.28. The molecule has 1 saturated carbocycles. The zero-order valence-electron chi connectivity index (χ0n) is 7.50. The Kier molecular flexibility index (Phi) is 2.49. The third kappa shape index (κ3) is 2.18. The molecule has 1 aromatic heterocycles. The first-order valence-electron chi connectivity index (χ1n) is 4.49. The fraction of sp³-hybridized carbons (Fsp3) is 0.556. The van der Waals surface area contributed by atoms with E-state index in [-0.39, 0.29) is 0 Å². The Morgan fingerprint density at radius 1 is 1.62 bits per heavy atom. The molecule has 0 radical (unpaired) electrons. The van der Waals surface area contributed by atoms with Crippen LogP contribution in [-0.4, -0.2) is 16.0 Å². The summed E-state index contributed by atoms with van der Waals surface area (Å²) in [6, 6.07) is 0.520. The number of nitrogens with one attached hydrogen (secondary N) is 1. The average Bonchev–Trinajstić information content (AvgIpc) is 2.91. The van der Waals surface area contributed by atoms with Crippen LogP contribution >= 0.6 is 15.9 Å². The monoisotopic (exact) mass is 241 g/mol. The Labute approximate surface area is 86.1 Å². The van der Waals surface area contributed by atoms with Gasteiger partial charge in [0.25, 0.3) is 0 Å². The first-order chi connectivity index (χ1) is 6.27. The van der Waals surface area contributed by atoms with Gasteiger partial charge in [0.15, 0.2) is 0 Å². The molecular weight excluding hydrogens is 230 g/mol. The molecule has 1 heterocycles. The molecule has 0 amide bonds. The van der Waals surface area contributed by atoms with Gasteiger partial charge in [0, 0.05) is 12.2 Å². The molecule has 1 atom stereocenters. The van der Waals surface area contributed by atoms with Crippen LogP contribution in [0.2, 0.25) is 0 Å². The minimum absolute atomic E-state index is 0.520. The molecule has 0 spiro atoms. The molecule has 0 aromatic carbocycles. The number of halogens is 1. The highest BCUT2D eigenvalue weighted by Gasteiger charge is 2.28. The summed E-state index contributed by atoms with van der Waals surface area (Å²) in [6.45, 7) is 2.20. The lowest BCUT2D eigenvalue weighted by Gasteiger charge is -2.13. The summed E-state index contributed by atoms with van der Waals surface area (Å²) < 4.78 is 0.933. The van der Waals surface area contributed by atoms with Gasteiger partial charge in [0.1, 0.15) is 12.1 Å². The topological polar surface area (TPSA) is 37.8 Å². The van der Waals surface area contributed by atoms with Crippen LogP contribution < -0.4 is 5.32 Å². The van der Waals surface area contributed by atoms with E-state index in [9.17, 15) is 0 Å². The highest BCUT2D eigenvalue weighted by molar-refractivity contribution is 9.10. The second-order valence-electron chi connectivity index (χ2n) is 3.49. The van der Waals surface area contributed by atoms with Crippen LogP contribution in [0.5, 0.6) is 0 Å². The quantitative estimate of drug-likeness (QED) is 0.884. The lowest BCUT2D eigenvalue weighted by atomic mass is 10.2. The minimum atomic E-state index is 0.520. The van der Waals surface area contributed by atoms with Crippen molar-refractivity contribution in [3.8, 4) is 0 Å². The SMILES string of the molecule is CC(Nc1ncncc1Br)C1CC1. The zero-order chi connectivity index (χ0) is 9.26. The summed E-state index contributed by atoms with van der Waals surface area (Å²) in [5, 5.41) is 3.37. The van der Waals surface area contributed by atoms with E-state index < -0.39 is 0 Å². The molecule has 4 heteroatoms. The summed E-state index contributed by atoms with van der Waals surface area (Å²) in [5.74, 6) is 1.73. The van der Waals surface area contributed by atoms with Gasteiger partial charge in [0.05, 0.1) is 4.47 Å². The van der Waals surface area contributed by atoms with Crippen molar-refractivity contribution in [2.24, 2.45) is 5.92 Å². The maximum atomic E-state index is 4.16. The molecule has 1 aliphatic carbocycles. The maximum absolute atomic E-state index is 4.16. The van der Waals surface area contributed by atoms with Crippen LogP contribution in [-0.2, 0) is 0 Å². The number of hydrogen-bond donors (Lipinski definition) is 1. The smallest absolute Gasteiger partial charge is 0.143 e. The second-order valence-corrected chi connectivity index (χ2v) is 4.34. The van der Waals surface area contributed by atoms with Crippen LogP contribution in [0.4, 0.5) is 5.82 Å². The number of anilines is 1. The summed E-state index contributed by atoms with van der Waals surface area (Å²) in [7, 11) is 0. The Bertz CT molecular complexity index is 299. The van der Waals surface area contributed by atoms with Crippen molar-refractivity contribution in [2.45, 2.75) is 25.8 Å². The van der Waals surface area contributed by atoms with E-state index in [1.807, 2.05) is 0 Å². The fourth-order valence-corrected chi connectivity index (χ4v) is 1.68. The summed E-state index contributed by atoms with van der Waals surface area (Å²) >= 11 is 3.41. The van der Waals surface area contributed by atoms with Crippen molar-refractivity contribution >= 4 is 21.7 Å². The molecule has 1 aliphatic rings. The Balaban J connectivity index is 2.03. The standard InChI is InChI=1S/C9H12BrN3/c1-6(7-2-3-7)13-9-8(10)4-11-5-12-9/h4-7H,2-3H2,1H3,(H,11,12,13). The van der Waals surface area contributed by atoms with Crippen LogP contribution in [0, 0.1) is 5.92 Å². The molecule has 0 aliphatic heterocycles. The first kappa shape index (κ1) is 8.94. The van der Waals surface area contributed by atoms with E-state index in [1.165, 1.54) is 12.8 Å². The molecule has 2 rings (SSSR count). The fourth-order valence-electron chi connectivity index (χ4n) is 1.35. The largest absolute Gasteiger partial charge is 0.366 e. The van der Waals surface area contributed by atoms with Crippen LogP contribution in [0.25, 0.3) is 0 Å². The molecular formula is C9H12BrN3. The average molecular weight is 242 g/mol. The maximum Gasteiger partial charge on any atom is 0.143 e. The summed E-state index contributed by atoms with van der Waals surface area (Å²) in [4.78, 5) is 8.07. The third-order valence-corrected chi connectivity index (χ3v) is 2.94. The molecule has 13 heavy (non-hydrogen) atoms. The Hall–Kier alpha value is -0.640. The molecule has 1 unspecified atom stereocenters. The number of hydrogen-bond acceptors (Lipinski definition) is 3. The van der Waals surface area contributed by atoms with Gasteiger partial charge in [-0.1, -0.05) is 0 Å². The van der Waals surface area contributed by atoms with E-state index in [2.05, 4.69) is 38.1 Å². The predicted octanol–water partition coefficient (Wildman–Crippen LogP) is 2.45.